The minimum Gasteiger partial charge on any atom is -0.461 e. The molecule has 1 aromatic heterocycles. The normalized spacial score (nSPS) is 12.1. The molecule has 0 fully saturated rings. The van der Waals surface area contributed by atoms with Gasteiger partial charge >= 0.3 is 5.97 Å². The van der Waals surface area contributed by atoms with Crippen molar-refractivity contribution in [2.75, 3.05) is 11.9 Å². The van der Waals surface area contributed by atoms with E-state index in [1.807, 2.05) is 111 Å². The smallest absolute Gasteiger partial charge is 0.308 e. The standard InChI is InChI=1S/C40H42N4O4S/c1-39(2,3)28-41-37(47)34(25-36(46)48-26-29-16-8-4-9-17-29)43-35(45)24-33-27-49-38(42-33)44-40(30-18-10-5-11-19-30,31-20-12-6-13-21-31)32-22-14-7-15-23-32/h4-23,27,34H,24-26,28H2,1-3H3,(H,41,47)(H,42,44)(H,43,45)/t34-/m0/s1. The third-order valence-corrected chi connectivity index (χ3v) is 8.67. The number of anilines is 1. The Morgan fingerprint density at radius 2 is 1.27 bits per heavy atom. The van der Waals surface area contributed by atoms with Crippen molar-refractivity contribution in [3.05, 3.63) is 155 Å². The van der Waals surface area contributed by atoms with Crippen LogP contribution in [0.25, 0.3) is 0 Å². The number of amides is 2. The molecule has 3 N–H and O–H groups in total. The second kappa shape index (κ2) is 16.2. The minimum absolute atomic E-state index is 0.0741. The van der Waals surface area contributed by atoms with E-state index < -0.39 is 29.4 Å². The molecule has 49 heavy (non-hydrogen) atoms. The highest BCUT2D eigenvalue weighted by Gasteiger charge is 2.37. The van der Waals surface area contributed by atoms with Crippen molar-refractivity contribution in [1.82, 2.24) is 15.6 Å². The Hall–Kier alpha value is -5.28. The fourth-order valence-corrected chi connectivity index (χ4v) is 6.21. The van der Waals surface area contributed by atoms with Crippen LogP contribution >= 0.6 is 11.3 Å². The number of hydrogen-bond donors (Lipinski definition) is 3. The predicted molar refractivity (Wildman–Crippen MR) is 194 cm³/mol. The maximum absolute atomic E-state index is 13.3. The molecule has 1 atom stereocenters. The van der Waals surface area contributed by atoms with Gasteiger partial charge in [-0.05, 0) is 27.7 Å². The fourth-order valence-electron chi connectivity index (χ4n) is 5.45. The number of hydrogen-bond acceptors (Lipinski definition) is 7. The molecule has 8 nitrogen and oxygen atoms in total. The summed E-state index contributed by atoms with van der Waals surface area (Å²) in [5.41, 5.74) is 3.51. The second-order valence-electron chi connectivity index (χ2n) is 13.0. The van der Waals surface area contributed by atoms with Crippen LogP contribution in [0.2, 0.25) is 0 Å². The molecule has 252 valence electrons. The highest BCUT2D eigenvalue weighted by molar-refractivity contribution is 7.13. The molecule has 5 rings (SSSR count). The van der Waals surface area contributed by atoms with E-state index in [2.05, 4.69) is 52.3 Å². The van der Waals surface area contributed by atoms with Gasteiger partial charge in [-0.1, -0.05) is 142 Å². The first kappa shape index (κ1) is 35.0. The lowest BCUT2D eigenvalue weighted by Gasteiger charge is -2.36. The largest absolute Gasteiger partial charge is 0.461 e. The van der Waals surface area contributed by atoms with Crippen molar-refractivity contribution in [3.8, 4) is 0 Å². The predicted octanol–water partition coefficient (Wildman–Crippen LogP) is 6.87. The van der Waals surface area contributed by atoms with E-state index in [0.29, 0.717) is 17.4 Å². The number of esters is 1. The zero-order chi connectivity index (χ0) is 34.7. The van der Waals surface area contributed by atoms with Gasteiger partial charge in [0, 0.05) is 11.9 Å². The molecule has 5 aromatic rings. The summed E-state index contributed by atoms with van der Waals surface area (Å²) < 4.78 is 5.42. The van der Waals surface area contributed by atoms with Gasteiger partial charge in [0.15, 0.2) is 5.13 Å². The average molecular weight is 675 g/mol. The van der Waals surface area contributed by atoms with Gasteiger partial charge in [-0.15, -0.1) is 11.3 Å². The van der Waals surface area contributed by atoms with Gasteiger partial charge in [-0.25, -0.2) is 4.98 Å². The van der Waals surface area contributed by atoms with Gasteiger partial charge in [-0.3, -0.25) is 14.4 Å². The van der Waals surface area contributed by atoms with E-state index in [-0.39, 0.29) is 24.9 Å². The van der Waals surface area contributed by atoms with Crippen molar-refractivity contribution in [3.63, 3.8) is 0 Å². The molecule has 0 aliphatic carbocycles. The van der Waals surface area contributed by atoms with Gasteiger partial charge in [0.1, 0.15) is 18.2 Å². The Morgan fingerprint density at radius 3 is 1.78 bits per heavy atom. The third-order valence-electron chi connectivity index (χ3n) is 7.87. The Kier molecular flexibility index (Phi) is 11.6. The van der Waals surface area contributed by atoms with Crippen LogP contribution < -0.4 is 16.0 Å². The Labute approximate surface area is 292 Å². The summed E-state index contributed by atoms with van der Waals surface area (Å²) in [6.07, 6.45) is -0.374. The number of carbonyl (C=O) groups excluding carboxylic acids is 3. The van der Waals surface area contributed by atoms with Crippen molar-refractivity contribution in [2.24, 2.45) is 5.41 Å². The Morgan fingerprint density at radius 1 is 0.755 bits per heavy atom. The molecule has 9 heteroatoms. The third kappa shape index (κ3) is 9.64. The van der Waals surface area contributed by atoms with E-state index in [4.69, 9.17) is 9.72 Å². The SMILES string of the molecule is CC(C)(C)CNC(=O)[C@H](CC(=O)OCc1ccccc1)NC(=O)Cc1csc(NC(c2ccccc2)(c2ccccc2)c2ccccc2)n1. The van der Waals surface area contributed by atoms with Gasteiger partial charge in [0.25, 0.3) is 0 Å². The topological polar surface area (TPSA) is 109 Å². The van der Waals surface area contributed by atoms with Crippen LogP contribution in [0.15, 0.2) is 127 Å². The lowest BCUT2D eigenvalue weighted by molar-refractivity contribution is -0.147. The monoisotopic (exact) mass is 674 g/mol. The second-order valence-corrected chi connectivity index (χ2v) is 13.9. The average Bonchev–Trinajstić information content (AvgIpc) is 3.55. The number of rotatable bonds is 14. The number of carbonyl (C=O) groups is 3. The van der Waals surface area contributed by atoms with Crippen LogP contribution in [0.5, 0.6) is 0 Å². The van der Waals surface area contributed by atoms with E-state index >= 15 is 0 Å². The summed E-state index contributed by atoms with van der Waals surface area (Å²) in [4.78, 5) is 44.1. The van der Waals surface area contributed by atoms with Crippen molar-refractivity contribution in [2.45, 2.75) is 51.8 Å². The van der Waals surface area contributed by atoms with Gasteiger partial charge < -0.3 is 20.7 Å². The van der Waals surface area contributed by atoms with Crippen molar-refractivity contribution in [1.29, 1.82) is 0 Å². The van der Waals surface area contributed by atoms with Gasteiger partial charge in [-0.2, -0.15) is 0 Å². The fraction of sp³-hybridized carbons (Fsp3) is 0.250. The van der Waals surface area contributed by atoms with Crippen molar-refractivity contribution < 1.29 is 19.1 Å². The van der Waals surface area contributed by atoms with E-state index in [1.165, 1.54) is 11.3 Å². The summed E-state index contributed by atoms with van der Waals surface area (Å²) in [6, 6.07) is 38.8. The van der Waals surface area contributed by atoms with Gasteiger partial charge in [0.05, 0.1) is 18.5 Å². The molecule has 4 aromatic carbocycles. The molecule has 2 amide bonds. The maximum atomic E-state index is 13.3. The number of nitrogens with zero attached hydrogens (tertiary/aromatic N) is 1. The van der Waals surface area contributed by atoms with Crippen LogP contribution in [-0.2, 0) is 37.7 Å². The molecule has 0 bridgehead atoms. The van der Waals surface area contributed by atoms with Crippen LogP contribution in [0, 0.1) is 5.41 Å². The molecule has 0 saturated heterocycles. The first-order chi connectivity index (χ1) is 23.6. The first-order valence-corrected chi connectivity index (χ1v) is 17.2. The molecule has 0 saturated carbocycles. The first-order valence-electron chi connectivity index (χ1n) is 16.3. The van der Waals surface area contributed by atoms with Crippen LogP contribution in [0.4, 0.5) is 5.13 Å². The van der Waals surface area contributed by atoms with E-state index in [9.17, 15) is 14.4 Å². The molecular weight excluding hydrogens is 633 g/mol. The number of nitrogens with one attached hydrogen (secondary N) is 3. The number of ether oxygens (including phenoxy) is 1. The zero-order valence-electron chi connectivity index (χ0n) is 28.0. The summed E-state index contributed by atoms with van der Waals surface area (Å²) in [5, 5.41) is 11.8. The molecule has 0 aliphatic rings. The molecule has 0 spiro atoms. The summed E-state index contributed by atoms with van der Waals surface area (Å²) in [7, 11) is 0. The zero-order valence-corrected chi connectivity index (χ0v) is 28.8. The van der Waals surface area contributed by atoms with E-state index in [0.717, 1.165) is 22.3 Å². The molecule has 0 unspecified atom stereocenters. The van der Waals surface area contributed by atoms with E-state index in [1.54, 1.807) is 0 Å². The number of benzene rings is 4. The molecule has 1 heterocycles. The summed E-state index contributed by atoms with van der Waals surface area (Å²) in [5.74, 6) is -1.46. The Balaban J connectivity index is 1.33. The Bertz CT molecular complexity index is 1710. The highest BCUT2D eigenvalue weighted by atomic mass is 32.1. The van der Waals surface area contributed by atoms with Crippen LogP contribution in [-0.4, -0.2) is 35.4 Å². The quantitative estimate of drug-likeness (QED) is 0.0877. The van der Waals surface area contributed by atoms with Gasteiger partial charge in [0.2, 0.25) is 11.8 Å². The lowest BCUT2D eigenvalue weighted by Crippen LogP contribution is -2.49. The van der Waals surface area contributed by atoms with Crippen LogP contribution in [0.3, 0.4) is 0 Å². The lowest BCUT2D eigenvalue weighted by atomic mass is 9.77. The minimum atomic E-state index is -1.10. The molecule has 0 aliphatic heterocycles. The molecule has 0 radical (unpaired) electrons. The number of aromatic nitrogens is 1. The highest BCUT2D eigenvalue weighted by Crippen LogP contribution is 2.40. The van der Waals surface area contributed by atoms with Crippen LogP contribution in [0.1, 0.15) is 55.1 Å². The van der Waals surface area contributed by atoms with Crippen molar-refractivity contribution >= 4 is 34.3 Å². The number of thiazole rings is 1. The maximum Gasteiger partial charge on any atom is 0.308 e. The molecular formula is C40H42N4O4S. The summed E-state index contributed by atoms with van der Waals surface area (Å²) in [6.45, 7) is 6.43. The summed E-state index contributed by atoms with van der Waals surface area (Å²) >= 11 is 1.40.